The molecular weight excluding hydrogens is 256 g/mol. The van der Waals surface area contributed by atoms with Gasteiger partial charge in [0.25, 0.3) is 0 Å². The van der Waals surface area contributed by atoms with Crippen LogP contribution >= 0.6 is 0 Å². The number of hydrogen-bond acceptors (Lipinski definition) is 5. The van der Waals surface area contributed by atoms with Gasteiger partial charge in [-0.3, -0.25) is 14.9 Å². The summed E-state index contributed by atoms with van der Waals surface area (Å²) in [7, 11) is 1.29. The van der Waals surface area contributed by atoms with Crippen LogP contribution in [0.5, 0.6) is 5.75 Å². The zero-order chi connectivity index (χ0) is 14.2. The van der Waals surface area contributed by atoms with Gasteiger partial charge in [-0.2, -0.15) is 0 Å². The summed E-state index contributed by atoms with van der Waals surface area (Å²) in [6.45, 7) is 0. The number of hydrogen-bond donors (Lipinski definition) is 2. The minimum Gasteiger partial charge on any atom is -0.496 e. The zero-order valence-corrected chi connectivity index (χ0v) is 9.67. The Bertz CT molecular complexity index is 609. The lowest BCUT2D eigenvalue weighted by molar-refractivity contribution is -0.134. The highest BCUT2D eigenvalue weighted by molar-refractivity contribution is 6.53. The number of urea groups is 1. The molecule has 4 amide bonds. The molecule has 0 atom stereocenters. The first-order valence-electron chi connectivity index (χ1n) is 5.06. The number of ether oxygens (including phenoxy) is 1. The van der Waals surface area contributed by atoms with Gasteiger partial charge in [-0.1, -0.05) is 0 Å². The predicted molar refractivity (Wildman–Crippen MR) is 61.0 cm³/mol. The Balaban J connectivity index is 2.50. The molecule has 0 saturated carbocycles. The van der Waals surface area contributed by atoms with Crippen molar-refractivity contribution in [2.75, 3.05) is 12.0 Å². The molecule has 1 aromatic carbocycles. The third-order valence-corrected chi connectivity index (χ3v) is 2.49. The maximum absolute atomic E-state index is 11.5. The molecule has 1 saturated heterocycles. The maximum atomic E-state index is 11.5. The second kappa shape index (κ2) is 4.41. The lowest BCUT2D eigenvalue weighted by atomic mass is 10.1. The minimum absolute atomic E-state index is 0.0217. The fourth-order valence-electron chi connectivity index (χ4n) is 1.64. The lowest BCUT2D eigenvalue weighted by Gasteiger charge is -2.13. The van der Waals surface area contributed by atoms with E-state index in [2.05, 4.69) is 0 Å². The Hall–Kier alpha value is -2.90. The van der Waals surface area contributed by atoms with Crippen molar-refractivity contribution in [3.63, 3.8) is 0 Å². The summed E-state index contributed by atoms with van der Waals surface area (Å²) in [6, 6.07) is 2.76. The van der Waals surface area contributed by atoms with Crippen molar-refractivity contribution in [3.8, 4) is 5.75 Å². The summed E-state index contributed by atoms with van der Waals surface area (Å²) in [5.41, 5.74) is -0.244. The highest BCUT2D eigenvalue weighted by Gasteiger charge is 2.38. The third-order valence-electron chi connectivity index (χ3n) is 2.49. The average Bonchev–Trinajstić information content (AvgIpc) is 2.62. The van der Waals surface area contributed by atoms with Crippen molar-refractivity contribution in [3.05, 3.63) is 23.8 Å². The van der Waals surface area contributed by atoms with Gasteiger partial charge >= 0.3 is 23.8 Å². The molecule has 0 radical (unpaired) electrons. The van der Waals surface area contributed by atoms with Crippen LogP contribution in [-0.2, 0) is 9.59 Å². The van der Waals surface area contributed by atoms with Gasteiger partial charge in [0.1, 0.15) is 11.3 Å². The average molecular weight is 264 g/mol. The first-order chi connectivity index (χ1) is 8.95. The molecule has 0 aromatic heterocycles. The summed E-state index contributed by atoms with van der Waals surface area (Å²) in [5.74, 6) is -3.32. The van der Waals surface area contributed by atoms with Gasteiger partial charge < -0.3 is 9.84 Å². The predicted octanol–water partition coefficient (Wildman–Crippen LogP) is -0.0238. The quantitative estimate of drug-likeness (QED) is 0.585. The van der Waals surface area contributed by atoms with E-state index in [9.17, 15) is 19.2 Å². The number of nitrogens with one attached hydrogen (secondary N) is 1. The number of rotatable bonds is 3. The zero-order valence-electron chi connectivity index (χ0n) is 9.67. The van der Waals surface area contributed by atoms with E-state index in [1.165, 1.54) is 19.2 Å². The normalized spacial score (nSPS) is 14.6. The molecule has 19 heavy (non-hydrogen) atoms. The fourth-order valence-corrected chi connectivity index (χ4v) is 1.64. The summed E-state index contributed by atoms with van der Waals surface area (Å²) >= 11 is 0. The van der Waals surface area contributed by atoms with E-state index in [0.29, 0.717) is 4.90 Å². The van der Waals surface area contributed by atoms with Crippen LogP contribution in [0.3, 0.4) is 0 Å². The molecule has 1 aliphatic heterocycles. The molecule has 1 heterocycles. The number of amides is 4. The molecule has 98 valence electrons. The molecule has 2 N–H and O–H groups in total. The molecule has 2 rings (SSSR count). The highest BCUT2D eigenvalue weighted by Crippen LogP contribution is 2.26. The topological polar surface area (TPSA) is 113 Å². The fraction of sp³-hybridized carbons (Fsp3) is 0.0909. The number of carbonyl (C=O) groups excluding carboxylic acids is 3. The number of nitrogens with zero attached hydrogens (tertiary/aromatic N) is 1. The van der Waals surface area contributed by atoms with Crippen molar-refractivity contribution in [1.29, 1.82) is 0 Å². The summed E-state index contributed by atoms with van der Waals surface area (Å²) in [6.07, 6.45) is 0. The molecular formula is C11H8N2O6. The van der Waals surface area contributed by atoms with E-state index in [1.54, 1.807) is 0 Å². The molecule has 1 aromatic rings. The smallest absolute Gasteiger partial charge is 0.339 e. The summed E-state index contributed by atoms with van der Waals surface area (Å²) in [5, 5.41) is 10.8. The minimum atomic E-state index is -1.28. The number of carboxylic acids is 1. The monoisotopic (exact) mass is 264 g/mol. The van der Waals surface area contributed by atoms with Crippen LogP contribution in [0.1, 0.15) is 10.4 Å². The maximum Gasteiger partial charge on any atom is 0.339 e. The molecule has 0 spiro atoms. The van der Waals surface area contributed by atoms with Crippen LogP contribution in [0.25, 0.3) is 0 Å². The molecule has 0 bridgehead atoms. The Morgan fingerprint density at radius 2 is 2.00 bits per heavy atom. The standard InChI is InChI=1S/C11H8N2O6/c1-19-7-3-2-5(4-6(7)10(16)17)13-9(15)8(14)12-11(13)18/h2-4H,1H3,(H,16,17)(H,12,14,18). The third kappa shape index (κ3) is 1.99. The SMILES string of the molecule is COc1ccc(N2C(=O)NC(=O)C2=O)cc1C(=O)O. The first kappa shape index (κ1) is 12.6. The van der Waals surface area contributed by atoms with E-state index in [0.717, 1.165) is 6.07 Å². The summed E-state index contributed by atoms with van der Waals surface area (Å²) < 4.78 is 4.85. The van der Waals surface area contributed by atoms with Crippen LogP contribution < -0.4 is 15.0 Å². The van der Waals surface area contributed by atoms with Crippen LogP contribution in [0.4, 0.5) is 10.5 Å². The first-order valence-corrected chi connectivity index (χ1v) is 5.06. The van der Waals surface area contributed by atoms with Gasteiger partial charge in [-0.25, -0.2) is 14.5 Å². The van der Waals surface area contributed by atoms with Gasteiger partial charge in [0.2, 0.25) is 0 Å². The molecule has 0 aliphatic carbocycles. The Kier molecular flexibility index (Phi) is 2.91. The lowest BCUT2D eigenvalue weighted by Crippen LogP contribution is -2.30. The Morgan fingerprint density at radius 3 is 2.47 bits per heavy atom. The second-order valence-electron chi connectivity index (χ2n) is 3.59. The molecule has 1 fully saturated rings. The van der Waals surface area contributed by atoms with Gasteiger partial charge in [0.15, 0.2) is 0 Å². The number of carbonyl (C=O) groups is 4. The van der Waals surface area contributed by atoms with Gasteiger partial charge in [-0.15, -0.1) is 0 Å². The number of methoxy groups -OCH3 is 1. The number of aromatic carboxylic acids is 1. The Labute approximate surface area is 106 Å². The van der Waals surface area contributed by atoms with Crippen molar-refractivity contribution >= 4 is 29.5 Å². The van der Waals surface area contributed by atoms with Crippen LogP contribution in [-0.4, -0.2) is 36.0 Å². The molecule has 0 unspecified atom stereocenters. The van der Waals surface area contributed by atoms with Gasteiger partial charge in [0.05, 0.1) is 12.8 Å². The number of imide groups is 2. The van der Waals surface area contributed by atoms with Crippen molar-refractivity contribution in [1.82, 2.24) is 5.32 Å². The molecule has 8 heteroatoms. The summed E-state index contributed by atoms with van der Waals surface area (Å²) in [4.78, 5) is 45.5. The van der Waals surface area contributed by atoms with Gasteiger partial charge in [0, 0.05) is 0 Å². The second-order valence-corrected chi connectivity index (χ2v) is 3.59. The van der Waals surface area contributed by atoms with Crippen LogP contribution in [0, 0.1) is 0 Å². The number of anilines is 1. The van der Waals surface area contributed by atoms with E-state index in [1.807, 2.05) is 5.32 Å². The van der Waals surface area contributed by atoms with Crippen molar-refractivity contribution < 1.29 is 29.0 Å². The van der Waals surface area contributed by atoms with Gasteiger partial charge in [-0.05, 0) is 18.2 Å². The number of carboxylic acid groups (broad SMARTS) is 1. The molecule has 8 nitrogen and oxygen atoms in total. The van der Waals surface area contributed by atoms with E-state index in [-0.39, 0.29) is 17.0 Å². The largest absolute Gasteiger partial charge is 0.496 e. The van der Waals surface area contributed by atoms with Crippen molar-refractivity contribution in [2.45, 2.75) is 0 Å². The van der Waals surface area contributed by atoms with Crippen LogP contribution in [0.15, 0.2) is 18.2 Å². The van der Waals surface area contributed by atoms with E-state index >= 15 is 0 Å². The van der Waals surface area contributed by atoms with Crippen molar-refractivity contribution in [2.24, 2.45) is 0 Å². The highest BCUT2D eigenvalue weighted by atomic mass is 16.5. The van der Waals surface area contributed by atoms with E-state index < -0.39 is 23.8 Å². The number of benzene rings is 1. The van der Waals surface area contributed by atoms with Crippen LogP contribution in [0.2, 0.25) is 0 Å². The Morgan fingerprint density at radius 1 is 1.32 bits per heavy atom. The van der Waals surface area contributed by atoms with E-state index in [4.69, 9.17) is 9.84 Å². The molecule has 1 aliphatic rings.